The van der Waals surface area contributed by atoms with Gasteiger partial charge in [0.2, 0.25) is 0 Å². The first-order valence-electron chi connectivity index (χ1n) is 4.54. The maximum atomic E-state index is 10.8. The van der Waals surface area contributed by atoms with Gasteiger partial charge in [0.15, 0.2) is 0 Å². The van der Waals surface area contributed by atoms with E-state index in [4.69, 9.17) is 0 Å². The van der Waals surface area contributed by atoms with E-state index in [1.807, 2.05) is 13.8 Å². The van der Waals surface area contributed by atoms with Crippen molar-refractivity contribution < 1.29 is 13.9 Å². The summed E-state index contributed by atoms with van der Waals surface area (Å²) in [5.74, 6) is 0.226. The Hall–Kier alpha value is -0.870. The normalized spacial score (nSPS) is 12.8. The largest absolute Gasteiger partial charge is 0.768 e. The molecule has 0 aromatic heterocycles. The van der Waals surface area contributed by atoms with Gasteiger partial charge in [-0.3, -0.25) is 4.21 Å². The van der Waals surface area contributed by atoms with Gasteiger partial charge in [-0.1, -0.05) is 13.8 Å². The van der Waals surface area contributed by atoms with Crippen LogP contribution in [0, 0.1) is 0 Å². The minimum atomic E-state index is -2.22. The summed E-state index contributed by atoms with van der Waals surface area (Å²) < 4.78 is 21.5. The predicted octanol–water partition coefficient (Wildman–Crippen LogP) is 1.75. The lowest BCUT2D eigenvalue weighted by Crippen LogP contribution is -1.95. The molecule has 1 N–H and O–H groups in total. The molecule has 14 heavy (non-hydrogen) atoms. The highest BCUT2D eigenvalue weighted by molar-refractivity contribution is 7.79. The molecule has 4 heteroatoms. The molecule has 0 radical (unpaired) electrons. The van der Waals surface area contributed by atoms with Crippen LogP contribution in [0.15, 0.2) is 17.0 Å². The number of rotatable bonds is 3. The van der Waals surface area contributed by atoms with Crippen LogP contribution in [0.3, 0.4) is 0 Å². The zero-order valence-corrected chi connectivity index (χ0v) is 9.06. The number of hydrogen-bond donors (Lipinski definition) is 1. The van der Waals surface area contributed by atoms with Gasteiger partial charge in [-0.25, -0.2) is 0 Å². The molecule has 0 fully saturated rings. The van der Waals surface area contributed by atoms with E-state index in [2.05, 4.69) is 0 Å². The molecular formula is C10H13O3S-. The standard InChI is InChI=1S/C10H14O3S/c1-3-7-5-9(14(12)13)6-8(4-2)10(7)11/h5-6,11H,3-4H2,1-2H3,(H,12,13)/p-1. The molecule has 0 saturated carbocycles. The lowest BCUT2D eigenvalue weighted by atomic mass is 10.1. The van der Waals surface area contributed by atoms with Crippen LogP contribution in [0.4, 0.5) is 0 Å². The highest BCUT2D eigenvalue weighted by Crippen LogP contribution is 2.26. The summed E-state index contributed by atoms with van der Waals surface area (Å²) in [6.07, 6.45) is 1.26. The third kappa shape index (κ3) is 2.13. The molecule has 0 bridgehead atoms. The van der Waals surface area contributed by atoms with Crippen molar-refractivity contribution in [3.05, 3.63) is 23.3 Å². The number of hydrogen-bond acceptors (Lipinski definition) is 3. The van der Waals surface area contributed by atoms with Gasteiger partial charge in [0.05, 0.1) is 0 Å². The van der Waals surface area contributed by atoms with Crippen molar-refractivity contribution in [3.63, 3.8) is 0 Å². The zero-order chi connectivity index (χ0) is 10.7. The highest BCUT2D eigenvalue weighted by atomic mass is 32.2. The van der Waals surface area contributed by atoms with E-state index < -0.39 is 11.1 Å². The van der Waals surface area contributed by atoms with Gasteiger partial charge >= 0.3 is 0 Å². The Morgan fingerprint density at radius 1 is 1.29 bits per heavy atom. The quantitative estimate of drug-likeness (QED) is 0.778. The molecule has 0 saturated heterocycles. The third-order valence-electron chi connectivity index (χ3n) is 2.20. The molecule has 0 aliphatic rings. The average molecular weight is 213 g/mol. The van der Waals surface area contributed by atoms with Crippen LogP contribution in [0.5, 0.6) is 5.75 Å². The molecule has 0 aliphatic carbocycles. The van der Waals surface area contributed by atoms with Gasteiger partial charge in [0.25, 0.3) is 0 Å². The van der Waals surface area contributed by atoms with Crippen molar-refractivity contribution in [2.45, 2.75) is 31.6 Å². The number of aromatic hydroxyl groups is 1. The Balaban J connectivity index is 3.32. The molecule has 1 rings (SSSR count). The van der Waals surface area contributed by atoms with Gasteiger partial charge in [0, 0.05) is 4.90 Å². The number of benzene rings is 1. The summed E-state index contributed by atoms with van der Waals surface area (Å²) in [4.78, 5) is 0.247. The Kier molecular flexibility index (Phi) is 3.66. The van der Waals surface area contributed by atoms with E-state index in [1.54, 1.807) is 0 Å². The first-order chi connectivity index (χ1) is 6.60. The van der Waals surface area contributed by atoms with Gasteiger partial charge in [0.1, 0.15) is 5.75 Å². The minimum Gasteiger partial charge on any atom is -0.768 e. The zero-order valence-electron chi connectivity index (χ0n) is 8.24. The Morgan fingerprint density at radius 3 is 2.00 bits per heavy atom. The summed E-state index contributed by atoms with van der Waals surface area (Å²) in [7, 11) is 0. The van der Waals surface area contributed by atoms with Gasteiger partial charge in [-0.2, -0.15) is 0 Å². The minimum absolute atomic E-state index is 0.226. The fraction of sp³-hybridized carbons (Fsp3) is 0.400. The van der Waals surface area contributed by atoms with Gasteiger partial charge in [-0.15, -0.1) is 0 Å². The summed E-state index contributed by atoms with van der Waals surface area (Å²) in [5.41, 5.74) is 1.37. The lowest BCUT2D eigenvalue weighted by Gasteiger charge is -2.12. The molecular weight excluding hydrogens is 200 g/mol. The molecule has 1 aromatic rings. The third-order valence-corrected chi connectivity index (χ3v) is 2.82. The van der Waals surface area contributed by atoms with Gasteiger partial charge in [-0.05, 0) is 47.2 Å². The molecule has 3 nitrogen and oxygen atoms in total. The molecule has 1 unspecified atom stereocenters. The summed E-state index contributed by atoms with van der Waals surface area (Å²) in [6.45, 7) is 3.76. The second kappa shape index (κ2) is 4.57. The van der Waals surface area contributed by atoms with E-state index in [9.17, 15) is 13.9 Å². The Labute approximate surface area is 86.1 Å². The summed E-state index contributed by atoms with van der Waals surface area (Å²) >= 11 is -2.22. The molecule has 1 aromatic carbocycles. The van der Waals surface area contributed by atoms with Crippen LogP contribution in [-0.4, -0.2) is 13.9 Å². The summed E-state index contributed by atoms with van der Waals surface area (Å²) in [5, 5.41) is 9.69. The smallest absolute Gasteiger partial charge is 0.122 e. The molecule has 0 amide bonds. The monoisotopic (exact) mass is 213 g/mol. The fourth-order valence-corrected chi connectivity index (χ4v) is 1.84. The van der Waals surface area contributed by atoms with E-state index in [0.717, 1.165) is 0 Å². The first kappa shape index (κ1) is 11.2. The molecule has 0 spiro atoms. The maximum Gasteiger partial charge on any atom is 0.122 e. The van der Waals surface area contributed by atoms with Crippen molar-refractivity contribution >= 4 is 11.1 Å². The van der Waals surface area contributed by atoms with E-state index in [1.165, 1.54) is 12.1 Å². The topological polar surface area (TPSA) is 60.4 Å². The number of phenols is 1. The van der Waals surface area contributed by atoms with Gasteiger partial charge < -0.3 is 9.66 Å². The van der Waals surface area contributed by atoms with Crippen LogP contribution < -0.4 is 0 Å². The van der Waals surface area contributed by atoms with Crippen molar-refractivity contribution in [3.8, 4) is 5.75 Å². The second-order valence-electron chi connectivity index (χ2n) is 3.03. The predicted molar refractivity (Wildman–Crippen MR) is 54.0 cm³/mol. The molecule has 1 atom stereocenters. The van der Waals surface area contributed by atoms with E-state index >= 15 is 0 Å². The van der Waals surface area contributed by atoms with E-state index in [0.29, 0.717) is 24.0 Å². The van der Waals surface area contributed by atoms with Crippen LogP contribution in [0.1, 0.15) is 25.0 Å². The Bertz CT molecular complexity index is 335. The SMILES string of the molecule is CCc1cc(S(=O)[O-])cc(CC)c1O. The highest BCUT2D eigenvalue weighted by Gasteiger charge is 2.07. The molecule has 0 heterocycles. The summed E-state index contributed by atoms with van der Waals surface area (Å²) in [6, 6.07) is 3.02. The molecule has 78 valence electrons. The van der Waals surface area contributed by atoms with Crippen molar-refractivity contribution in [2.24, 2.45) is 0 Å². The first-order valence-corrected chi connectivity index (χ1v) is 5.61. The van der Waals surface area contributed by atoms with Crippen molar-refractivity contribution in [1.29, 1.82) is 0 Å². The van der Waals surface area contributed by atoms with Crippen LogP contribution in [0.2, 0.25) is 0 Å². The fourth-order valence-electron chi connectivity index (χ4n) is 1.36. The molecule has 0 aliphatic heterocycles. The lowest BCUT2D eigenvalue weighted by molar-refractivity contribution is 0.461. The number of aryl methyl sites for hydroxylation is 2. The van der Waals surface area contributed by atoms with Crippen LogP contribution >= 0.6 is 0 Å². The van der Waals surface area contributed by atoms with E-state index in [-0.39, 0.29) is 10.6 Å². The van der Waals surface area contributed by atoms with Crippen LogP contribution in [-0.2, 0) is 23.9 Å². The second-order valence-corrected chi connectivity index (χ2v) is 3.97. The Morgan fingerprint density at radius 2 is 1.71 bits per heavy atom. The average Bonchev–Trinajstić information content (AvgIpc) is 2.17. The number of phenolic OH excluding ortho intramolecular Hbond substituents is 1. The van der Waals surface area contributed by atoms with Crippen molar-refractivity contribution in [1.82, 2.24) is 0 Å². The van der Waals surface area contributed by atoms with Crippen LogP contribution in [0.25, 0.3) is 0 Å². The maximum absolute atomic E-state index is 10.8. The van der Waals surface area contributed by atoms with Crippen molar-refractivity contribution in [2.75, 3.05) is 0 Å².